The number of esters is 1. The van der Waals surface area contributed by atoms with Crippen LogP contribution in [-0.4, -0.2) is 36.1 Å². The standard InChI is InChI=1S/C18H15N5O4/c24-16-13(12-19-14-6-1-3-8-21(14)16)17(25)27-11-5-10-23-18(26)22-9-4-2-7-15(22)20-23/h1-4,6-9,12H,5,10-11H2. The fourth-order valence-corrected chi connectivity index (χ4v) is 2.74. The zero-order chi connectivity index (χ0) is 18.8. The van der Waals surface area contributed by atoms with E-state index in [-0.39, 0.29) is 17.9 Å². The van der Waals surface area contributed by atoms with Gasteiger partial charge in [-0.3, -0.25) is 13.6 Å². The lowest BCUT2D eigenvalue weighted by Crippen LogP contribution is -2.25. The highest BCUT2D eigenvalue weighted by Crippen LogP contribution is 2.01. The maximum atomic E-state index is 12.3. The van der Waals surface area contributed by atoms with E-state index < -0.39 is 11.5 Å². The summed E-state index contributed by atoms with van der Waals surface area (Å²) in [5, 5.41) is 4.20. The fraction of sp³-hybridized carbons (Fsp3) is 0.167. The number of nitrogens with zero attached hydrogens (tertiary/aromatic N) is 5. The molecule has 9 nitrogen and oxygen atoms in total. The second-order valence-electron chi connectivity index (χ2n) is 5.83. The first-order valence-corrected chi connectivity index (χ1v) is 8.33. The van der Waals surface area contributed by atoms with Crippen LogP contribution in [-0.2, 0) is 11.3 Å². The molecule has 0 fully saturated rings. The molecular formula is C18H15N5O4. The molecule has 0 N–H and O–H groups in total. The number of ether oxygens (including phenoxy) is 1. The Kier molecular flexibility index (Phi) is 4.25. The molecule has 0 amide bonds. The Labute approximate surface area is 152 Å². The van der Waals surface area contributed by atoms with Gasteiger partial charge in [0.05, 0.1) is 6.61 Å². The van der Waals surface area contributed by atoms with Crippen molar-refractivity contribution in [2.75, 3.05) is 6.61 Å². The minimum absolute atomic E-state index is 0.0517. The number of carbonyl (C=O) groups excluding carboxylic acids is 1. The number of fused-ring (bicyclic) bond motifs is 2. The molecule has 4 heterocycles. The summed E-state index contributed by atoms with van der Waals surface area (Å²) >= 11 is 0. The van der Waals surface area contributed by atoms with E-state index in [1.165, 1.54) is 25.9 Å². The van der Waals surface area contributed by atoms with Gasteiger partial charge >= 0.3 is 11.7 Å². The molecule has 0 bridgehead atoms. The lowest BCUT2D eigenvalue weighted by molar-refractivity contribution is 0.0492. The first-order chi connectivity index (χ1) is 13.1. The molecule has 0 aliphatic heterocycles. The minimum Gasteiger partial charge on any atom is -0.462 e. The Morgan fingerprint density at radius 3 is 2.52 bits per heavy atom. The Morgan fingerprint density at radius 1 is 1.00 bits per heavy atom. The summed E-state index contributed by atoms with van der Waals surface area (Å²) < 4.78 is 9.19. The van der Waals surface area contributed by atoms with Gasteiger partial charge in [0.15, 0.2) is 5.65 Å². The third-order valence-corrected chi connectivity index (χ3v) is 4.07. The molecule has 0 unspecified atom stereocenters. The van der Waals surface area contributed by atoms with Gasteiger partial charge in [-0.1, -0.05) is 12.1 Å². The third-order valence-electron chi connectivity index (χ3n) is 4.07. The van der Waals surface area contributed by atoms with Crippen molar-refractivity contribution in [3.05, 3.63) is 81.4 Å². The first-order valence-electron chi connectivity index (χ1n) is 8.33. The Bertz CT molecular complexity index is 1250. The topological polar surface area (TPSA) is 100.0 Å². The summed E-state index contributed by atoms with van der Waals surface area (Å²) in [6.45, 7) is 0.346. The van der Waals surface area contributed by atoms with Crippen molar-refractivity contribution in [2.24, 2.45) is 0 Å². The van der Waals surface area contributed by atoms with Crippen LogP contribution in [0.2, 0.25) is 0 Å². The van der Waals surface area contributed by atoms with E-state index in [2.05, 4.69) is 10.1 Å². The molecule has 0 aliphatic carbocycles. The van der Waals surface area contributed by atoms with Crippen LogP contribution >= 0.6 is 0 Å². The highest BCUT2D eigenvalue weighted by molar-refractivity contribution is 5.88. The second kappa shape index (κ2) is 6.87. The third kappa shape index (κ3) is 3.10. The van der Waals surface area contributed by atoms with Gasteiger partial charge < -0.3 is 4.74 Å². The smallest absolute Gasteiger partial charge is 0.350 e. The van der Waals surface area contributed by atoms with Gasteiger partial charge in [-0.05, 0) is 24.3 Å². The van der Waals surface area contributed by atoms with Crippen molar-refractivity contribution in [3.8, 4) is 0 Å². The van der Waals surface area contributed by atoms with Crippen LogP contribution < -0.4 is 11.2 Å². The molecule has 0 saturated heterocycles. The average molecular weight is 365 g/mol. The number of rotatable bonds is 5. The Balaban J connectivity index is 1.41. The molecule has 136 valence electrons. The van der Waals surface area contributed by atoms with Gasteiger partial charge in [-0.25, -0.2) is 19.3 Å². The lowest BCUT2D eigenvalue weighted by Gasteiger charge is -2.05. The molecule has 0 saturated carbocycles. The van der Waals surface area contributed by atoms with E-state index in [4.69, 9.17) is 4.74 Å². The number of hydrogen-bond acceptors (Lipinski definition) is 6. The molecule has 4 aromatic rings. The van der Waals surface area contributed by atoms with Crippen molar-refractivity contribution in [3.63, 3.8) is 0 Å². The van der Waals surface area contributed by atoms with E-state index >= 15 is 0 Å². The molecule has 27 heavy (non-hydrogen) atoms. The van der Waals surface area contributed by atoms with Crippen LogP contribution in [0.15, 0.2) is 64.6 Å². The highest BCUT2D eigenvalue weighted by atomic mass is 16.5. The predicted octanol–water partition coefficient (Wildman–Crippen LogP) is 0.751. The van der Waals surface area contributed by atoms with Crippen LogP contribution in [0.25, 0.3) is 11.3 Å². The maximum absolute atomic E-state index is 12.3. The van der Waals surface area contributed by atoms with Gasteiger partial charge in [0, 0.05) is 31.6 Å². The van der Waals surface area contributed by atoms with E-state index in [1.807, 2.05) is 0 Å². The van der Waals surface area contributed by atoms with E-state index in [1.54, 1.807) is 42.6 Å². The second-order valence-corrected chi connectivity index (χ2v) is 5.83. The quantitative estimate of drug-likeness (QED) is 0.382. The van der Waals surface area contributed by atoms with Gasteiger partial charge in [-0.2, -0.15) is 0 Å². The monoisotopic (exact) mass is 365 g/mol. The summed E-state index contributed by atoms with van der Waals surface area (Å²) in [4.78, 5) is 40.7. The largest absolute Gasteiger partial charge is 0.462 e. The number of hydrogen-bond donors (Lipinski definition) is 0. The predicted molar refractivity (Wildman–Crippen MR) is 95.8 cm³/mol. The average Bonchev–Trinajstić information content (AvgIpc) is 3.01. The SMILES string of the molecule is O=C(OCCCn1nc2ccccn2c1=O)c1cnc2ccccn2c1=O. The molecule has 0 radical (unpaired) electrons. The molecule has 4 rings (SSSR count). The fourth-order valence-electron chi connectivity index (χ4n) is 2.74. The molecule has 0 aliphatic rings. The minimum atomic E-state index is -0.742. The maximum Gasteiger partial charge on any atom is 0.350 e. The summed E-state index contributed by atoms with van der Waals surface area (Å²) in [5.41, 5.74) is 0.125. The number of pyridine rings is 2. The van der Waals surface area contributed by atoms with E-state index in [0.29, 0.717) is 24.3 Å². The number of aryl methyl sites for hydroxylation is 1. The van der Waals surface area contributed by atoms with Crippen LogP contribution in [0, 0.1) is 0 Å². The summed E-state index contributed by atoms with van der Waals surface area (Å²) in [6, 6.07) is 10.4. The summed E-state index contributed by atoms with van der Waals surface area (Å²) in [6.07, 6.45) is 4.78. The van der Waals surface area contributed by atoms with Crippen LogP contribution in [0.1, 0.15) is 16.8 Å². The number of carbonyl (C=O) groups is 1. The summed E-state index contributed by atoms with van der Waals surface area (Å²) in [7, 11) is 0. The van der Waals surface area contributed by atoms with Crippen LogP contribution in [0.5, 0.6) is 0 Å². The first kappa shape index (κ1) is 16.7. The molecular weight excluding hydrogens is 350 g/mol. The summed E-state index contributed by atoms with van der Waals surface area (Å²) in [5.74, 6) is -0.742. The zero-order valence-corrected chi connectivity index (χ0v) is 14.2. The molecule has 0 atom stereocenters. The van der Waals surface area contributed by atoms with Crippen molar-refractivity contribution in [1.82, 2.24) is 23.6 Å². The van der Waals surface area contributed by atoms with Crippen molar-refractivity contribution >= 4 is 17.3 Å². The Hall–Kier alpha value is -3.75. The van der Waals surface area contributed by atoms with Crippen molar-refractivity contribution < 1.29 is 9.53 Å². The molecule has 9 heteroatoms. The molecule has 0 aromatic carbocycles. The lowest BCUT2D eigenvalue weighted by atomic mass is 10.3. The van der Waals surface area contributed by atoms with E-state index in [9.17, 15) is 14.4 Å². The van der Waals surface area contributed by atoms with Crippen molar-refractivity contribution in [1.29, 1.82) is 0 Å². The molecule has 4 aromatic heterocycles. The Morgan fingerprint density at radius 2 is 1.74 bits per heavy atom. The van der Waals surface area contributed by atoms with Gasteiger partial charge in [0.25, 0.3) is 5.56 Å². The van der Waals surface area contributed by atoms with Crippen LogP contribution in [0.3, 0.4) is 0 Å². The van der Waals surface area contributed by atoms with Gasteiger partial charge in [-0.15, -0.1) is 5.10 Å². The zero-order valence-electron chi connectivity index (χ0n) is 14.2. The van der Waals surface area contributed by atoms with Gasteiger partial charge in [0.2, 0.25) is 0 Å². The van der Waals surface area contributed by atoms with Crippen molar-refractivity contribution in [2.45, 2.75) is 13.0 Å². The number of aromatic nitrogens is 5. The van der Waals surface area contributed by atoms with Gasteiger partial charge in [0.1, 0.15) is 11.2 Å². The van der Waals surface area contributed by atoms with Crippen LogP contribution in [0.4, 0.5) is 0 Å². The highest BCUT2D eigenvalue weighted by Gasteiger charge is 2.14. The molecule has 0 spiro atoms. The van der Waals surface area contributed by atoms with E-state index in [0.717, 1.165) is 0 Å². The normalized spacial score (nSPS) is 11.1.